The number of halogens is 3. The zero-order chi connectivity index (χ0) is 24.6. The second-order valence-corrected chi connectivity index (χ2v) is 11.1. The van der Waals surface area contributed by atoms with Gasteiger partial charge in [-0.25, -0.2) is 8.78 Å². The third-order valence-corrected chi connectivity index (χ3v) is 9.76. The first-order valence-electron chi connectivity index (χ1n) is 11.8. The lowest BCUT2D eigenvalue weighted by molar-refractivity contribution is -0.250. The SMILES string of the molecule is CCC(=O)OC1([C@H](O)CCl)[C@@H](C)CC2C3C[C@H](F)C4=CC(=O)C=CC4(C)[C@@]3(F)[C@@H](O)CC21C. The minimum absolute atomic E-state index is 0.0620. The molecule has 3 fully saturated rings. The lowest BCUT2D eigenvalue weighted by Gasteiger charge is -2.63. The fourth-order valence-corrected chi connectivity index (χ4v) is 8.15. The lowest BCUT2D eigenvalue weighted by atomic mass is 9.44. The third-order valence-electron chi connectivity index (χ3n) is 9.46. The first-order chi connectivity index (χ1) is 15.3. The Hall–Kier alpha value is -1.31. The summed E-state index contributed by atoms with van der Waals surface area (Å²) in [5, 5.41) is 22.5. The largest absolute Gasteiger partial charge is 0.455 e. The Kier molecular flexibility index (Phi) is 5.90. The van der Waals surface area contributed by atoms with Crippen molar-refractivity contribution in [2.24, 2.45) is 28.6 Å². The van der Waals surface area contributed by atoms with Crippen LogP contribution in [0.3, 0.4) is 0 Å². The number of allylic oxidation sites excluding steroid dienone is 4. The number of carbonyl (C=O) groups is 2. The van der Waals surface area contributed by atoms with Gasteiger partial charge in [-0.3, -0.25) is 9.59 Å². The maximum Gasteiger partial charge on any atom is 0.306 e. The van der Waals surface area contributed by atoms with Crippen LogP contribution in [0.5, 0.6) is 0 Å². The van der Waals surface area contributed by atoms with Crippen LogP contribution in [-0.4, -0.2) is 57.5 Å². The van der Waals surface area contributed by atoms with Crippen LogP contribution in [0.15, 0.2) is 23.8 Å². The van der Waals surface area contributed by atoms with E-state index in [4.69, 9.17) is 16.3 Å². The zero-order valence-corrected chi connectivity index (χ0v) is 20.2. The first kappa shape index (κ1) is 24.8. The Morgan fingerprint density at radius 1 is 1.33 bits per heavy atom. The van der Waals surface area contributed by atoms with Crippen molar-refractivity contribution in [3.63, 3.8) is 0 Å². The predicted molar refractivity (Wildman–Crippen MR) is 119 cm³/mol. The minimum atomic E-state index is -2.22. The van der Waals surface area contributed by atoms with Crippen molar-refractivity contribution in [3.8, 4) is 0 Å². The van der Waals surface area contributed by atoms with Gasteiger partial charge in [-0.15, -0.1) is 11.6 Å². The summed E-state index contributed by atoms with van der Waals surface area (Å²) in [7, 11) is 0. The number of fused-ring (bicyclic) bond motifs is 5. The maximum absolute atomic E-state index is 17.2. The van der Waals surface area contributed by atoms with Crippen LogP contribution in [0.4, 0.5) is 8.78 Å². The summed E-state index contributed by atoms with van der Waals surface area (Å²) in [5.74, 6) is -2.89. The molecule has 4 aliphatic rings. The highest BCUT2D eigenvalue weighted by Crippen LogP contribution is 2.72. The summed E-state index contributed by atoms with van der Waals surface area (Å²) in [5.41, 5.74) is -6.11. The number of hydrogen-bond donors (Lipinski definition) is 2. The average Bonchev–Trinajstić information content (AvgIpc) is 2.98. The van der Waals surface area contributed by atoms with Gasteiger partial charge in [0.05, 0.1) is 12.0 Å². The van der Waals surface area contributed by atoms with Crippen molar-refractivity contribution < 1.29 is 33.3 Å². The van der Waals surface area contributed by atoms with E-state index in [-0.39, 0.29) is 30.7 Å². The molecule has 4 rings (SSSR count). The van der Waals surface area contributed by atoms with Crippen molar-refractivity contribution >= 4 is 23.4 Å². The summed E-state index contributed by atoms with van der Waals surface area (Å²) in [6.07, 6.45) is -0.348. The first-order valence-corrected chi connectivity index (χ1v) is 12.3. The summed E-state index contributed by atoms with van der Waals surface area (Å²) in [4.78, 5) is 24.4. The molecule has 0 amide bonds. The fraction of sp³-hybridized carbons (Fsp3) is 0.760. The second-order valence-electron chi connectivity index (χ2n) is 10.8. The number of aliphatic hydroxyl groups is 2. The Labute approximate surface area is 198 Å². The van der Waals surface area contributed by atoms with Crippen LogP contribution in [0.1, 0.15) is 53.4 Å². The van der Waals surface area contributed by atoms with Crippen LogP contribution < -0.4 is 0 Å². The van der Waals surface area contributed by atoms with E-state index in [1.165, 1.54) is 12.2 Å². The van der Waals surface area contributed by atoms with Gasteiger partial charge in [0.15, 0.2) is 11.5 Å². The Morgan fingerprint density at radius 3 is 2.61 bits per heavy atom. The van der Waals surface area contributed by atoms with Gasteiger partial charge in [0.1, 0.15) is 17.9 Å². The molecule has 3 saturated carbocycles. The van der Waals surface area contributed by atoms with Crippen LogP contribution >= 0.6 is 11.6 Å². The quantitative estimate of drug-likeness (QED) is 0.466. The molecule has 2 N–H and O–H groups in total. The fourth-order valence-electron chi connectivity index (χ4n) is 7.93. The van der Waals surface area contributed by atoms with Crippen molar-refractivity contribution in [2.75, 3.05) is 5.88 Å². The number of hydrogen-bond acceptors (Lipinski definition) is 5. The molecule has 184 valence electrons. The molecule has 0 heterocycles. The summed E-state index contributed by atoms with van der Waals surface area (Å²) in [6.45, 7) is 6.81. The molecule has 0 aromatic rings. The van der Waals surface area contributed by atoms with Crippen LogP contribution in [-0.2, 0) is 14.3 Å². The van der Waals surface area contributed by atoms with Crippen LogP contribution in [0.25, 0.3) is 0 Å². The molecule has 0 aromatic heterocycles. The molecule has 0 saturated heterocycles. The summed E-state index contributed by atoms with van der Waals surface area (Å²) in [6, 6.07) is 0. The second kappa shape index (κ2) is 7.85. The molecule has 4 aliphatic carbocycles. The molecule has 0 spiro atoms. The predicted octanol–water partition coefficient (Wildman–Crippen LogP) is 3.84. The van der Waals surface area contributed by atoms with E-state index >= 15 is 8.78 Å². The third kappa shape index (κ3) is 2.94. The van der Waals surface area contributed by atoms with Crippen molar-refractivity contribution in [1.82, 2.24) is 0 Å². The number of alkyl halides is 3. The van der Waals surface area contributed by atoms with Gasteiger partial charge >= 0.3 is 5.97 Å². The van der Waals surface area contributed by atoms with Gasteiger partial charge in [0.25, 0.3) is 0 Å². The van der Waals surface area contributed by atoms with Gasteiger partial charge < -0.3 is 14.9 Å². The van der Waals surface area contributed by atoms with Crippen LogP contribution in [0.2, 0.25) is 0 Å². The average molecular weight is 487 g/mol. The molecule has 8 heteroatoms. The number of rotatable bonds is 4. The number of ether oxygens (including phenoxy) is 1. The summed E-state index contributed by atoms with van der Waals surface area (Å²) >= 11 is 6.07. The normalized spacial score (nSPS) is 49.5. The Bertz CT molecular complexity index is 922. The topological polar surface area (TPSA) is 83.8 Å². The zero-order valence-electron chi connectivity index (χ0n) is 19.5. The van der Waals surface area contributed by atoms with E-state index in [1.54, 1.807) is 20.8 Å². The van der Waals surface area contributed by atoms with E-state index in [1.807, 2.05) is 6.92 Å². The highest BCUT2D eigenvalue weighted by atomic mass is 35.5. The van der Waals surface area contributed by atoms with Crippen LogP contribution in [0, 0.1) is 28.6 Å². The Morgan fingerprint density at radius 2 is 2.00 bits per heavy atom. The molecule has 0 bridgehead atoms. The van der Waals surface area contributed by atoms with E-state index < -0.39 is 70.0 Å². The summed E-state index contributed by atoms with van der Waals surface area (Å²) < 4.78 is 38.7. The van der Waals surface area contributed by atoms with Crippen molar-refractivity contribution in [2.45, 2.75) is 83.0 Å². The maximum atomic E-state index is 17.2. The van der Waals surface area contributed by atoms with Gasteiger partial charge in [0, 0.05) is 23.2 Å². The number of aliphatic hydroxyl groups excluding tert-OH is 2. The number of esters is 1. The molecule has 0 radical (unpaired) electrons. The van der Waals surface area contributed by atoms with Gasteiger partial charge in [-0.05, 0) is 55.7 Å². The highest BCUT2D eigenvalue weighted by molar-refractivity contribution is 6.18. The van der Waals surface area contributed by atoms with E-state index in [0.29, 0.717) is 6.42 Å². The standard InChI is InChI=1S/C25H33ClF2O5/c1-5-21(32)33-25(20(31)12-26)13(2)8-15-16-10-18(27)17-9-14(29)6-7-22(17,3)24(16,28)19(30)11-23(15,25)4/h6-7,9,13,15-16,18-20,30-31H,5,8,10-12H2,1-4H3/t13-,15?,16?,18-,19-,20+,22?,23?,24-,25?/m0/s1. The number of ketones is 1. The minimum Gasteiger partial charge on any atom is -0.455 e. The molecule has 5 nitrogen and oxygen atoms in total. The molecular weight excluding hydrogens is 454 g/mol. The number of carbonyl (C=O) groups excluding carboxylic acids is 2. The molecule has 10 atom stereocenters. The Balaban J connectivity index is 1.87. The molecule has 0 aliphatic heterocycles. The lowest BCUT2D eigenvalue weighted by Crippen LogP contribution is -2.71. The van der Waals surface area contributed by atoms with E-state index in [9.17, 15) is 19.8 Å². The van der Waals surface area contributed by atoms with Crippen molar-refractivity contribution in [3.05, 3.63) is 23.8 Å². The van der Waals surface area contributed by atoms with Crippen molar-refractivity contribution in [1.29, 1.82) is 0 Å². The molecule has 5 unspecified atom stereocenters. The monoisotopic (exact) mass is 486 g/mol. The van der Waals surface area contributed by atoms with Gasteiger partial charge in [0.2, 0.25) is 0 Å². The molecular formula is C25H33ClF2O5. The molecule has 0 aromatic carbocycles. The smallest absolute Gasteiger partial charge is 0.306 e. The van der Waals surface area contributed by atoms with Gasteiger partial charge in [-0.2, -0.15) is 0 Å². The highest BCUT2D eigenvalue weighted by Gasteiger charge is 2.77. The van der Waals surface area contributed by atoms with E-state index in [0.717, 1.165) is 6.08 Å². The van der Waals surface area contributed by atoms with E-state index in [2.05, 4.69) is 0 Å². The molecule has 33 heavy (non-hydrogen) atoms. The van der Waals surface area contributed by atoms with Gasteiger partial charge in [-0.1, -0.05) is 26.8 Å².